The number of fused-ring (bicyclic) bond motifs is 1. The fourth-order valence-corrected chi connectivity index (χ4v) is 6.19. The summed E-state index contributed by atoms with van der Waals surface area (Å²) in [6.45, 7) is 2.73. The summed E-state index contributed by atoms with van der Waals surface area (Å²) in [7, 11) is 0. The van der Waals surface area contributed by atoms with Gasteiger partial charge in [0.25, 0.3) is 5.56 Å². The SMILES string of the molecule is CCOc1cc(C=Nn2c(C3CCCCC3)nc3ccc(Br)cc3c2=O)cc(I)c1OCc1ccccc1Cl. The van der Waals surface area contributed by atoms with Crippen LogP contribution in [0.4, 0.5) is 0 Å². The molecule has 0 atom stereocenters. The number of hydrogen-bond acceptors (Lipinski definition) is 5. The molecule has 0 amide bonds. The van der Waals surface area contributed by atoms with Crippen molar-refractivity contribution in [1.29, 1.82) is 0 Å². The molecule has 39 heavy (non-hydrogen) atoms. The Kier molecular flexibility index (Phi) is 9.25. The molecule has 0 spiro atoms. The van der Waals surface area contributed by atoms with Gasteiger partial charge in [0.15, 0.2) is 11.5 Å². The first kappa shape index (κ1) is 28.1. The maximum atomic E-state index is 13.6. The zero-order chi connectivity index (χ0) is 27.4. The van der Waals surface area contributed by atoms with Crippen molar-refractivity contribution in [1.82, 2.24) is 9.66 Å². The number of ether oxygens (including phenoxy) is 2. The molecular weight excluding hydrogens is 693 g/mol. The van der Waals surface area contributed by atoms with Gasteiger partial charge in [-0.3, -0.25) is 4.79 Å². The highest BCUT2D eigenvalue weighted by Crippen LogP contribution is 2.35. The maximum absolute atomic E-state index is 13.6. The van der Waals surface area contributed by atoms with Crippen molar-refractivity contribution in [2.75, 3.05) is 6.61 Å². The predicted molar refractivity (Wildman–Crippen MR) is 169 cm³/mol. The lowest BCUT2D eigenvalue weighted by molar-refractivity contribution is 0.267. The van der Waals surface area contributed by atoms with E-state index in [-0.39, 0.29) is 11.5 Å². The van der Waals surface area contributed by atoms with Crippen molar-refractivity contribution < 1.29 is 9.47 Å². The lowest BCUT2D eigenvalue weighted by Crippen LogP contribution is -2.25. The minimum absolute atomic E-state index is 0.169. The van der Waals surface area contributed by atoms with Crippen LogP contribution in [-0.4, -0.2) is 22.5 Å². The molecule has 1 aromatic heterocycles. The van der Waals surface area contributed by atoms with Crippen molar-refractivity contribution in [3.8, 4) is 11.5 Å². The van der Waals surface area contributed by atoms with E-state index in [1.54, 1.807) is 6.21 Å². The molecule has 6 nitrogen and oxygen atoms in total. The lowest BCUT2D eigenvalue weighted by atomic mass is 9.88. The molecule has 1 saturated carbocycles. The summed E-state index contributed by atoms with van der Waals surface area (Å²) in [6.07, 6.45) is 7.19. The standard InChI is InChI=1S/C30H28BrClIN3O3/c1-2-38-27-15-19(14-25(33)28(27)39-18-21-10-6-7-11-24(21)32)17-34-36-29(20-8-4-3-5-9-20)35-26-13-12-22(31)16-23(26)30(36)37/h6-7,10-17,20H,2-5,8-9,18H2,1H3. The highest BCUT2D eigenvalue weighted by Gasteiger charge is 2.22. The van der Waals surface area contributed by atoms with Gasteiger partial charge in [-0.2, -0.15) is 9.78 Å². The van der Waals surface area contributed by atoms with E-state index < -0.39 is 0 Å². The molecule has 1 aliphatic rings. The Morgan fingerprint density at radius 1 is 1.13 bits per heavy atom. The van der Waals surface area contributed by atoms with E-state index in [1.165, 1.54) is 11.1 Å². The fraction of sp³-hybridized carbons (Fsp3) is 0.300. The van der Waals surface area contributed by atoms with Crippen LogP contribution in [0, 0.1) is 3.57 Å². The average Bonchev–Trinajstić information content (AvgIpc) is 2.94. The predicted octanol–water partition coefficient (Wildman–Crippen LogP) is 8.32. The first-order valence-electron chi connectivity index (χ1n) is 13.0. The second-order valence-electron chi connectivity index (χ2n) is 9.47. The molecule has 0 unspecified atom stereocenters. The van der Waals surface area contributed by atoms with E-state index in [9.17, 15) is 4.79 Å². The van der Waals surface area contributed by atoms with Gasteiger partial charge in [-0.25, -0.2) is 4.98 Å². The molecule has 5 rings (SSSR count). The molecule has 0 saturated heterocycles. The van der Waals surface area contributed by atoms with Crippen molar-refractivity contribution >= 4 is 67.2 Å². The number of rotatable bonds is 8. The molecule has 1 fully saturated rings. The Hall–Kier alpha value is -2.43. The van der Waals surface area contributed by atoms with Crippen LogP contribution in [0.2, 0.25) is 5.02 Å². The van der Waals surface area contributed by atoms with Crippen LogP contribution < -0.4 is 15.0 Å². The van der Waals surface area contributed by atoms with E-state index in [2.05, 4.69) is 38.5 Å². The third kappa shape index (κ3) is 6.49. The number of nitrogens with zero attached hydrogens (tertiary/aromatic N) is 3. The Balaban J connectivity index is 1.51. The average molecular weight is 721 g/mol. The van der Waals surface area contributed by atoms with Crippen molar-refractivity contribution in [2.45, 2.75) is 51.6 Å². The number of hydrogen-bond donors (Lipinski definition) is 0. The summed E-state index contributed by atoms with van der Waals surface area (Å²) >= 11 is 12.0. The van der Waals surface area contributed by atoms with Crippen LogP contribution in [0.1, 0.15) is 61.9 Å². The molecule has 1 aliphatic carbocycles. The molecule has 0 aliphatic heterocycles. The van der Waals surface area contributed by atoms with Gasteiger partial charge >= 0.3 is 0 Å². The molecule has 202 valence electrons. The van der Waals surface area contributed by atoms with E-state index in [1.807, 2.05) is 61.5 Å². The van der Waals surface area contributed by atoms with Crippen molar-refractivity contribution in [2.24, 2.45) is 5.10 Å². The first-order chi connectivity index (χ1) is 18.9. The largest absolute Gasteiger partial charge is 0.490 e. The van der Waals surface area contributed by atoms with Gasteiger partial charge in [-0.1, -0.05) is 65.0 Å². The minimum atomic E-state index is -0.169. The van der Waals surface area contributed by atoms with Crippen LogP contribution >= 0.6 is 50.1 Å². The van der Waals surface area contributed by atoms with E-state index in [0.29, 0.717) is 40.6 Å². The fourth-order valence-electron chi connectivity index (χ4n) is 4.86. The number of aromatic nitrogens is 2. The van der Waals surface area contributed by atoms with Crippen LogP contribution in [-0.2, 0) is 6.61 Å². The number of benzene rings is 3. The van der Waals surface area contributed by atoms with Gasteiger partial charge in [0.05, 0.1) is 27.3 Å². The molecule has 0 N–H and O–H groups in total. The van der Waals surface area contributed by atoms with Gasteiger partial charge < -0.3 is 9.47 Å². The van der Waals surface area contributed by atoms with E-state index >= 15 is 0 Å². The van der Waals surface area contributed by atoms with Crippen LogP contribution in [0.15, 0.2) is 69.0 Å². The first-order valence-corrected chi connectivity index (χ1v) is 15.3. The summed E-state index contributed by atoms with van der Waals surface area (Å²) in [6, 6.07) is 17.1. The lowest BCUT2D eigenvalue weighted by Gasteiger charge is -2.22. The van der Waals surface area contributed by atoms with Gasteiger partial charge in [0.1, 0.15) is 12.4 Å². The van der Waals surface area contributed by atoms with Crippen LogP contribution in [0.3, 0.4) is 0 Å². The summed E-state index contributed by atoms with van der Waals surface area (Å²) in [5.41, 5.74) is 2.22. The summed E-state index contributed by atoms with van der Waals surface area (Å²) < 4.78 is 15.3. The summed E-state index contributed by atoms with van der Waals surface area (Å²) in [5.74, 6) is 2.19. The third-order valence-corrected chi connectivity index (χ3v) is 8.45. The smallest absolute Gasteiger partial charge is 0.282 e. The highest BCUT2D eigenvalue weighted by atomic mass is 127. The van der Waals surface area contributed by atoms with Gasteiger partial charge in [-0.05, 0) is 84.3 Å². The maximum Gasteiger partial charge on any atom is 0.282 e. The molecule has 9 heteroatoms. The van der Waals surface area contributed by atoms with Gasteiger partial charge in [0.2, 0.25) is 0 Å². The summed E-state index contributed by atoms with van der Waals surface area (Å²) in [5, 5.41) is 5.89. The van der Waals surface area contributed by atoms with Crippen LogP contribution in [0.5, 0.6) is 11.5 Å². The number of halogens is 3. The second-order valence-corrected chi connectivity index (χ2v) is 12.0. The Labute approximate surface area is 254 Å². The molecule has 0 radical (unpaired) electrons. The Bertz CT molecular complexity index is 1580. The second kappa shape index (κ2) is 12.8. The molecule has 1 heterocycles. The topological polar surface area (TPSA) is 65.7 Å². The normalized spacial score (nSPS) is 14.3. The van der Waals surface area contributed by atoms with Gasteiger partial charge in [0, 0.05) is 21.0 Å². The van der Waals surface area contributed by atoms with Crippen molar-refractivity contribution in [3.63, 3.8) is 0 Å². The minimum Gasteiger partial charge on any atom is -0.490 e. The quantitative estimate of drug-likeness (QED) is 0.136. The molecule has 3 aromatic carbocycles. The zero-order valence-electron chi connectivity index (χ0n) is 21.5. The Morgan fingerprint density at radius 3 is 2.69 bits per heavy atom. The van der Waals surface area contributed by atoms with E-state index in [0.717, 1.165) is 50.7 Å². The Morgan fingerprint density at radius 2 is 1.92 bits per heavy atom. The third-order valence-electron chi connectivity index (χ3n) is 6.79. The van der Waals surface area contributed by atoms with Gasteiger partial charge in [-0.15, -0.1) is 0 Å². The zero-order valence-corrected chi connectivity index (χ0v) is 26.0. The summed E-state index contributed by atoms with van der Waals surface area (Å²) in [4.78, 5) is 18.6. The van der Waals surface area contributed by atoms with E-state index in [4.69, 9.17) is 31.2 Å². The monoisotopic (exact) mass is 719 g/mol. The highest BCUT2D eigenvalue weighted by molar-refractivity contribution is 14.1. The molecular formula is C30H28BrClIN3O3. The molecule has 0 bridgehead atoms. The molecule has 4 aromatic rings. The van der Waals surface area contributed by atoms with Crippen LogP contribution in [0.25, 0.3) is 10.9 Å². The van der Waals surface area contributed by atoms with Crippen molar-refractivity contribution in [3.05, 3.63) is 95.0 Å².